The highest BCUT2D eigenvalue weighted by Gasteiger charge is 2.17. The largest absolute Gasteiger partial charge is 0.467 e. The summed E-state index contributed by atoms with van der Waals surface area (Å²) in [5, 5.41) is 4.73. The minimum absolute atomic E-state index is 0.161. The third-order valence-corrected chi connectivity index (χ3v) is 4.19. The van der Waals surface area contributed by atoms with Crippen LogP contribution in [0.5, 0.6) is 0 Å². The summed E-state index contributed by atoms with van der Waals surface area (Å²) >= 11 is 1.29. The van der Waals surface area contributed by atoms with E-state index < -0.39 is 17.9 Å². The zero-order valence-corrected chi connectivity index (χ0v) is 15.4. The number of hydrogen-bond acceptors (Lipinski definition) is 6. The number of esters is 1. The Labute approximate surface area is 155 Å². The molecular weight excluding hydrogens is 354 g/mol. The predicted molar refractivity (Wildman–Crippen MR) is 100 cm³/mol. The number of carbonyl (C=O) groups excluding carboxylic acids is 3. The zero-order valence-electron chi connectivity index (χ0n) is 14.6. The van der Waals surface area contributed by atoms with E-state index in [4.69, 9.17) is 0 Å². The molecule has 0 spiro atoms. The molecule has 26 heavy (non-hydrogen) atoms. The second-order valence-electron chi connectivity index (χ2n) is 5.33. The van der Waals surface area contributed by atoms with Crippen molar-refractivity contribution in [3.63, 3.8) is 0 Å². The van der Waals surface area contributed by atoms with E-state index in [0.29, 0.717) is 10.8 Å². The first-order valence-corrected chi connectivity index (χ1v) is 8.68. The number of anilines is 2. The molecule has 0 aliphatic carbocycles. The Balaban J connectivity index is 2.10. The monoisotopic (exact) mass is 373 g/mol. The van der Waals surface area contributed by atoms with E-state index in [9.17, 15) is 14.4 Å². The van der Waals surface area contributed by atoms with Crippen molar-refractivity contribution in [2.24, 2.45) is 0 Å². The summed E-state index contributed by atoms with van der Waals surface area (Å²) in [6.45, 7) is 2.99. The number of benzene rings is 1. The summed E-state index contributed by atoms with van der Waals surface area (Å²) in [5.41, 5.74) is 1.25. The van der Waals surface area contributed by atoms with Gasteiger partial charge in [-0.15, -0.1) is 11.3 Å². The van der Waals surface area contributed by atoms with Crippen molar-refractivity contribution in [3.05, 3.63) is 47.5 Å². The van der Waals surface area contributed by atoms with Gasteiger partial charge in [0.05, 0.1) is 18.5 Å². The Morgan fingerprint density at radius 1 is 1.27 bits per heavy atom. The molecule has 0 fully saturated rings. The molecule has 0 bridgehead atoms. The van der Waals surface area contributed by atoms with Gasteiger partial charge < -0.3 is 10.1 Å². The third kappa shape index (κ3) is 5.00. The lowest BCUT2D eigenvalue weighted by molar-refractivity contribution is -0.144. The molecule has 2 amide bonds. The number of ether oxygens (including phenoxy) is 1. The van der Waals surface area contributed by atoms with Gasteiger partial charge in [-0.2, -0.15) is 0 Å². The molecule has 1 heterocycles. The van der Waals surface area contributed by atoms with Crippen molar-refractivity contribution in [2.75, 3.05) is 12.0 Å². The number of amides is 2. The van der Waals surface area contributed by atoms with Crippen molar-refractivity contribution in [1.82, 2.24) is 10.3 Å². The normalized spacial score (nSPS) is 11.8. The van der Waals surface area contributed by atoms with Crippen LogP contribution in [0.15, 0.2) is 41.8 Å². The fourth-order valence-corrected chi connectivity index (χ4v) is 2.97. The fraction of sp³-hybridized carbons (Fsp3) is 0.222. The lowest BCUT2D eigenvalue weighted by atomic mass is 10.3. The van der Waals surface area contributed by atoms with Gasteiger partial charge in [0.15, 0.2) is 5.13 Å². The topological polar surface area (TPSA) is 88.6 Å². The Kier molecular flexibility index (Phi) is 6.62. The summed E-state index contributed by atoms with van der Waals surface area (Å²) in [6.07, 6.45) is 2.79. The van der Waals surface area contributed by atoms with Gasteiger partial charge in [-0.1, -0.05) is 18.2 Å². The van der Waals surface area contributed by atoms with Crippen molar-refractivity contribution in [1.29, 1.82) is 0 Å². The van der Waals surface area contributed by atoms with Gasteiger partial charge >= 0.3 is 5.97 Å². The maximum atomic E-state index is 12.0. The fourth-order valence-electron chi connectivity index (χ4n) is 2.12. The summed E-state index contributed by atoms with van der Waals surface area (Å²) in [5.74, 6) is -1.13. The lowest BCUT2D eigenvalue weighted by Crippen LogP contribution is -2.38. The van der Waals surface area contributed by atoms with Gasteiger partial charge in [0.2, 0.25) is 11.8 Å². The minimum Gasteiger partial charge on any atom is -0.467 e. The van der Waals surface area contributed by atoms with Crippen molar-refractivity contribution in [3.8, 4) is 0 Å². The lowest BCUT2D eigenvalue weighted by Gasteiger charge is -2.17. The van der Waals surface area contributed by atoms with E-state index >= 15 is 0 Å². The molecule has 2 rings (SSSR count). The molecule has 0 aliphatic heterocycles. The molecule has 0 aliphatic rings. The quantitative estimate of drug-likeness (QED) is 0.621. The highest BCUT2D eigenvalue weighted by molar-refractivity contribution is 7.14. The second-order valence-corrected chi connectivity index (χ2v) is 6.17. The number of nitrogens with one attached hydrogen (secondary N) is 1. The van der Waals surface area contributed by atoms with Gasteiger partial charge in [-0.3, -0.25) is 14.5 Å². The Hall–Kier alpha value is -3.00. The number of hydrogen-bond donors (Lipinski definition) is 1. The van der Waals surface area contributed by atoms with Crippen LogP contribution in [0.25, 0.3) is 6.08 Å². The number of carbonyl (C=O) groups is 3. The molecule has 0 radical (unpaired) electrons. The van der Waals surface area contributed by atoms with Gasteiger partial charge in [0, 0.05) is 18.4 Å². The average molecular weight is 373 g/mol. The summed E-state index contributed by atoms with van der Waals surface area (Å²) in [6, 6.07) is 8.44. The number of nitrogens with zero attached hydrogens (tertiary/aromatic N) is 2. The molecule has 2 aromatic rings. The first-order valence-electron chi connectivity index (χ1n) is 7.80. The third-order valence-electron chi connectivity index (χ3n) is 3.35. The number of thiazole rings is 1. The summed E-state index contributed by atoms with van der Waals surface area (Å²) in [7, 11) is 1.26. The first kappa shape index (κ1) is 19.3. The standard InChI is InChI=1S/C18H19N3O4S/c1-12(17(24)25-3)19-16(23)10-9-14-11-26-18(20-14)21(13(2)22)15-7-5-4-6-8-15/h4-12H,1-3H3,(H,19,23). The van der Waals surface area contributed by atoms with Crippen LogP contribution in [-0.4, -0.2) is 35.9 Å². The van der Waals surface area contributed by atoms with Gasteiger partial charge in [0.1, 0.15) is 6.04 Å². The molecule has 136 valence electrons. The van der Waals surface area contributed by atoms with E-state index in [-0.39, 0.29) is 5.91 Å². The highest BCUT2D eigenvalue weighted by Crippen LogP contribution is 2.28. The number of aromatic nitrogens is 1. The first-order chi connectivity index (χ1) is 12.4. The zero-order chi connectivity index (χ0) is 19.1. The molecule has 0 saturated carbocycles. The smallest absolute Gasteiger partial charge is 0.328 e. The van der Waals surface area contributed by atoms with Crippen LogP contribution in [0.1, 0.15) is 19.5 Å². The summed E-state index contributed by atoms with van der Waals surface area (Å²) < 4.78 is 4.54. The molecule has 1 N–H and O–H groups in total. The van der Waals surface area contributed by atoms with E-state index in [2.05, 4.69) is 15.0 Å². The van der Waals surface area contributed by atoms with E-state index in [1.807, 2.05) is 30.3 Å². The van der Waals surface area contributed by atoms with Crippen LogP contribution >= 0.6 is 11.3 Å². The van der Waals surface area contributed by atoms with Crippen LogP contribution in [0.4, 0.5) is 10.8 Å². The summed E-state index contributed by atoms with van der Waals surface area (Å²) in [4.78, 5) is 41.0. The van der Waals surface area contributed by atoms with Crippen LogP contribution in [-0.2, 0) is 19.1 Å². The molecule has 8 heteroatoms. The van der Waals surface area contributed by atoms with Crippen molar-refractivity contribution in [2.45, 2.75) is 19.9 Å². The number of para-hydroxylation sites is 1. The van der Waals surface area contributed by atoms with Crippen LogP contribution in [0, 0.1) is 0 Å². The average Bonchev–Trinajstić information content (AvgIpc) is 3.08. The van der Waals surface area contributed by atoms with E-state index in [1.165, 1.54) is 49.3 Å². The predicted octanol–water partition coefficient (Wildman–Crippen LogP) is 2.52. The molecule has 1 aromatic heterocycles. The van der Waals surface area contributed by atoms with Gasteiger partial charge in [-0.25, -0.2) is 9.78 Å². The number of rotatable bonds is 6. The van der Waals surface area contributed by atoms with E-state index in [0.717, 1.165) is 5.69 Å². The molecule has 1 unspecified atom stereocenters. The molecule has 1 atom stereocenters. The second kappa shape index (κ2) is 8.91. The maximum Gasteiger partial charge on any atom is 0.328 e. The van der Waals surface area contributed by atoms with Gasteiger partial charge in [-0.05, 0) is 25.1 Å². The van der Waals surface area contributed by atoms with Crippen LogP contribution < -0.4 is 10.2 Å². The van der Waals surface area contributed by atoms with E-state index in [1.54, 1.807) is 5.38 Å². The molecule has 7 nitrogen and oxygen atoms in total. The Morgan fingerprint density at radius 2 is 1.96 bits per heavy atom. The van der Waals surface area contributed by atoms with Crippen LogP contribution in [0.3, 0.4) is 0 Å². The SMILES string of the molecule is COC(=O)C(C)NC(=O)C=Cc1csc(N(C(C)=O)c2ccccc2)n1. The molecular formula is C18H19N3O4S. The Morgan fingerprint density at radius 3 is 2.58 bits per heavy atom. The van der Waals surface area contributed by atoms with Gasteiger partial charge in [0.25, 0.3) is 0 Å². The molecule has 1 aromatic carbocycles. The highest BCUT2D eigenvalue weighted by atomic mass is 32.1. The van der Waals surface area contributed by atoms with Crippen molar-refractivity contribution < 1.29 is 19.1 Å². The molecule has 0 saturated heterocycles. The maximum absolute atomic E-state index is 12.0. The number of methoxy groups -OCH3 is 1. The Bertz CT molecular complexity index is 817. The van der Waals surface area contributed by atoms with Crippen molar-refractivity contribution >= 4 is 46.0 Å². The minimum atomic E-state index is -0.741. The van der Waals surface area contributed by atoms with Crippen LogP contribution in [0.2, 0.25) is 0 Å².